The highest BCUT2D eigenvalue weighted by atomic mass is 32.2. The van der Waals surface area contributed by atoms with Gasteiger partial charge in [0.2, 0.25) is 5.91 Å². The largest absolute Gasteiger partial charge is 0.352 e. The fourth-order valence-corrected chi connectivity index (χ4v) is 3.25. The summed E-state index contributed by atoms with van der Waals surface area (Å²) in [5.74, 6) is 0.0983. The van der Waals surface area contributed by atoms with Crippen LogP contribution in [0, 0.1) is 0 Å². The van der Waals surface area contributed by atoms with Gasteiger partial charge in [-0.15, -0.1) is 6.58 Å². The van der Waals surface area contributed by atoms with E-state index in [4.69, 9.17) is 0 Å². The molecule has 0 saturated carbocycles. The van der Waals surface area contributed by atoms with Gasteiger partial charge in [0, 0.05) is 30.1 Å². The second kappa shape index (κ2) is 6.18. The van der Waals surface area contributed by atoms with Crippen LogP contribution in [0.5, 0.6) is 0 Å². The normalized spacial score (nSPS) is 27.3. The van der Waals surface area contributed by atoms with E-state index in [0.29, 0.717) is 23.6 Å². The van der Waals surface area contributed by atoms with Crippen molar-refractivity contribution < 1.29 is 4.79 Å². The summed E-state index contributed by atoms with van der Waals surface area (Å²) in [7, 11) is 0. The molecule has 1 aliphatic rings. The molecule has 1 aliphatic heterocycles. The first-order valence-corrected chi connectivity index (χ1v) is 6.31. The standard InChI is InChI=1S/C11H20N2OS/c1-4-5-12-11(14)8-13-6-9(2)15-10(3)7-13/h4,9-10H,1,5-8H2,2-3H3,(H,12,14). The highest BCUT2D eigenvalue weighted by Gasteiger charge is 2.23. The summed E-state index contributed by atoms with van der Waals surface area (Å²) in [6, 6.07) is 0. The first-order valence-electron chi connectivity index (χ1n) is 5.37. The first-order chi connectivity index (χ1) is 7.11. The maximum Gasteiger partial charge on any atom is 0.234 e. The van der Waals surface area contributed by atoms with Crippen LogP contribution in [0.1, 0.15) is 13.8 Å². The van der Waals surface area contributed by atoms with Gasteiger partial charge < -0.3 is 5.32 Å². The molecule has 15 heavy (non-hydrogen) atoms. The van der Waals surface area contributed by atoms with E-state index >= 15 is 0 Å². The Balaban J connectivity index is 2.30. The Morgan fingerprint density at radius 1 is 1.53 bits per heavy atom. The highest BCUT2D eigenvalue weighted by molar-refractivity contribution is 8.00. The monoisotopic (exact) mass is 228 g/mol. The summed E-state index contributed by atoms with van der Waals surface area (Å²) in [5, 5.41) is 4.06. The maximum atomic E-state index is 11.5. The van der Waals surface area contributed by atoms with Gasteiger partial charge in [-0.2, -0.15) is 11.8 Å². The Morgan fingerprint density at radius 2 is 2.13 bits per heavy atom. The molecular weight excluding hydrogens is 208 g/mol. The van der Waals surface area contributed by atoms with E-state index in [1.54, 1.807) is 6.08 Å². The van der Waals surface area contributed by atoms with Gasteiger partial charge in [0.1, 0.15) is 0 Å². The molecule has 1 heterocycles. The molecule has 2 atom stereocenters. The highest BCUT2D eigenvalue weighted by Crippen LogP contribution is 2.24. The van der Waals surface area contributed by atoms with E-state index in [1.807, 2.05) is 11.8 Å². The van der Waals surface area contributed by atoms with Crippen molar-refractivity contribution in [1.29, 1.82) is 0 Å². The van der Waals surface area contributed by atoms with E-state index in [-0.39, 0.29) is 5.91 Å². The molecule has 0 aliphatic carbocycles. The molecule has 0 aromatic carbocycles. The van der Waals surface area contributed by atoms with Crippen molar-refractivity contribution in [2.75, 3.05) is 26.2 Å². The van der Waals surface area contributed by atoms with Crippen molar-refractivity contribution in [2.24, 2.45) is 0 Å². The number of rotatable bonds is 4. The topological polar surface area (TPSA) is 32.3 Å². The van der Waals surface area contributed by atoms with Crippen LogP contribution in [0.25, 0.3) is 0 Å². The van der Waals surface area contributed by atoms with Crippen molar-refractivity contribution in [3.05, 3.63) is 12.7 Å². The number of carbonyl (C=O) groups excluding carboxylic acids is 1. The third-order valence-corrected chi connectivity index (χ3v) is 3.53. The Hall–Kier alpha value is -0.480. The fourth-order valence-electron chi connectivity index (χ4n) is 1.86. The molecule has 0 bridgehead atoms. The molecule has 0 spiro atoms. The molecule has 0 aromatic heterocycles. The van der Waals surface area contributed by atoms with Crippen molar-refractivity contribution >= 4 is 17.7 Å². The van der Waals surface area contributed by atoms with Crippen LogP contribution >= 0.6 is 11.8 Å². The van der Waals surface area contributed by atoms with Crippen LogP contribution in [0.3, 0.4) is 0 Å². The molecule has 0 radical (unpaired) electrons. The average Bonchev–Trinajstić information content (AvgIpc) is 2.13. The third-order valence-electron chi connectivity index (χ3n) is 2.31. The molecule has 1 rings (SSSR count). The van der Waals surface area contributed by atoms with Crippen LogP contribution in [-0.4, -0.2) is 47.5 Å². The summed E-state index contributed by atoms with van der Waals surface area (Å²) in [4.78, 5) is 13.7. The fraction of sp³-hybridized carbons (Fsp3) is 0.727. The predicted octanol–water partition coefficient (Wildman–Crippen LogP) is 1.11. The smallest absolute Gasteiger partial charge is 0.234 e. The molecule has 1 N–H and O–H groups in total. The van der Waals surface area contributed by atoms with Gasteiger partial charge in [-0.25, -0.2) is 0 Å². The summed E-state index contributed by atoms with van der Waals surface area (Å²) in [6.45, 7) is 11.1. The van der Waals surface area contributed by atoms with Crippen LogP contribution in [0.2, 0.25) is 0 Å². The van der Waals surface area contributed by atoms with Gasteiger partial charge in [0.25, 0.3) is 0 Å². The maximum absolute atomic E-state index is 11.5. The molecule has 1 saturated heterocycles. The molecule has 86 valence electrons. The summed E-state index contributed by atoms with van der Waals surface area (Å²) >= 11 is 2.00. The predicted molar refractivity (Wildman–Crippen MR) is 66.2 cm³/mol. The van der Waals surface area contributed by atoms with Gasteiger partial charge in [-0.05, 0) is 0 Å². The summed E-state index contributed by atoms with van der Waals surface area (Å²) in [6.07, 6.45) is 1.70. The molecule has 4 heteroatoms. The van der Waals surface area contributed by atoms with E-state index in [0.717, 1.165) is 13.1 Å². The number of nitrogens with zero attached hydrogens (tertiary/aromatic N) is 1. The van der Waals surface area contributed by atoms with Gasteiger partial charge in [-0.1, -0.05) is 19.9 Å². The number of amides is 1. The summed E-state index contributed by atoms with van der Waals surface area (Å²) in [5.41, 5.74) is 0. The zero-order chi connectivity index (χ0) is 11.3. The van der Waals surface area contributed by atoms with E-state index in [2.05, 4.69) is 30.6 Å². The van der Waals surface area contributed by atoms with Gasteiger partial charge >= 0.3 is 0 Å². The second-order valence-electron chi connectivity index (χ2n) is 4.04. The van der Waals surface area contributed by atoms with E-state index in [1.165, 1.54) is 0 Å². The Labute approximate surface area is 96.3 Å². The van der Waals surface area contributed by atoms with E-state index < -0.39 is 0 Å². The molecule has 2 unspecified atom stereocenters. The Morgan fingerprint density at radius 3 is 2.67 bits per heavy atom. The second-order valence-corrected chi connectivity index (χ2v) is 5.93. The van der Waals surface area contributed by atoms with Gasteiger partial charge in [0.05, 0.1) is 6.54 Å². The molecular formula is C11H20N2OS. The van der Waals surface area contributed by atoms with E-state index in [9.17, 15) is 4.79 Å². The molecule has 0 aromatic rings. The van der Waals surface area contributed by atoms with Gasteiger partial charge in [0.15, 0.2) is 0 Å². The van der Waals surface area contributed by atoms with Crippen LogP contribution in [0.15, 0.2) is 12.7 Å². The lowest BCUT2D eigenvalue weighted by atomic mass is 10.3. The first kappa shape index (κ1) is 12.6. The lowest BCUT2D eigenvalue weighted by Crippen LogP contribution is -2.45. The van der Waals surface area contributed by atoms with Crippen molar-refractivity contribution in [1.82, 2.24) is 10.2 Å². The SMILES string of the molecule is C=CCNC(=O)CN1CC(C)SC(C)C1. The summed E-state index contributed by atoms with van der Waals surface area (Å²) < 4.78 is 0. The Bertz CT molecular complexity index is 223. The van der Waals surface area contributed by atoms with Crippen molar-refractivity contribution in [2.45, 2.75) is 24.3 Å². The van der Waals surface area contributed by atoms with Crippen molar-refractivity contribution in [3.63, 3.8) is 0 Å². The third kappa shape index (κ3) is 4.71. The zero-order valence-corrected chi connectivity index (χ0v) is 10.3. The molecule has 1 amide bonds. The average molecular weight is 228 g/mol. The minimum atomic E-state index is 0.0983. The molecule has 3 nitrogen and oxygen atoms in total. The number of carbonyl (C=O) groups is 1. The quantitative estimate of drug-likeness (QED) is 0.732. The number of hydrogen-bond acceptors (Lipinski definition) is 3. The number of nitrogens with one attached hydrogen (secondary N) is 1. The van der Waals surface area contributed by atoms with Crippen LogP contribution in [-0.2, 0) is 4.79 Å². The van der Waals surface area contributed by atoms with Crippen molar-refractivity contribution in [3.8, 4) is 0 Å². The van der Waals surface area contributed by atoms with Crippen LogP contribution in [0.4, 0.5) is 0 Å². The minimum Gasteiger partial charge on any atom is -0.352 e. The van der Waals surface area contributed by atoms with Gasteiger partial charge in [-0.3, -0.25) is 9.69 Å². The minimum absolute atomic E-state index is 0.0983. The zero-order valence-electron chi connectivity index (χ0n) is 9.53. The lowest BCUT2D eigenvalue weighted by Gasteiger charge is -2.33. The number of hydrogen-bond donors (Lipinski definition) is 1. The lowest BCUT2D eigenvalue weighted by molar-refractivity contribution is -0.122. The number of thioether (sulfide) groups is 1. The van der Waals surface area contributed by atoms with Crippen LogP contribution < -0.4 is 5.32 Å². The Kier molecular flexibility index (Phi) is 5.19. The molecule has 1 fully saturated rings.